The van der Waals surface area contributed by atoms with E-state index in [9.17, 15) is 14.0 Å². The summed E-state index contributed by atoms with van der Waals surface area (Å²) in [5, 5.41) is 9.42. The number of ether oxygens (including phenoxy) is 1. The molecule has 0 saturated heterocycles. The predicted molar refractivity (Wildman–Crippen MR) is 98.9 cm³/mol. The Bertz CT molecular complexity index is 1130. The van der Waals surface area contributed by atoms with E-state index in [1.807, 2.05) is 19.9 Å². The monoisotopic (exact) mass is 385 g/mol. The number of nitrogens with zero attached hydrogens (tertiary/aromatic N) is 3. The fraction of sp³-hybridized carbons (Fsp3) is 0.263. The van der Waals surface area contributed by atoms with Gasteiger partial charge in [-0.2, -0.15) is 5.26 Å². The summed E-state index contributed by atoms with van der Waals surface area (Å²) in [6.07, 6.45) is 1.37. The van der Waals surface area contributed by atoms with Crippen LogP contribution in [0, 0.1) is 31.0 Å². The van der Waals surface area contributed by atoms with Crippen LogP contribution in [0.1, 0.15) is 28.0 Å². The molecule has 0 atom stereocenters. The molecule has 3 aromatic rings. The number of hydrogen-bond donors (Lipinski definition) is 0. The van der Waals surface area contributed by atoms with Gasteiger partial charge in [-0.1, -0.05) is 0 Å². The Morgan fingerprint density at radius 1 is 1.41 bits per heavy atom. The maximum Gasteiger partial charge on any atom is 0.307 e. The average Bonchev–Trinajstić information content (AvgIpc) is 2.95. The van der Waals surface area contributed by atoms with Gasteiger partial charge in [-0.25, -0.2) is 9.37 Å². The van der Waals surface area contributed by atoms with Crippen LogP contribution in [0.25, 0.3) is 10.2 Å². The van der Waals surface area contributed by atoms with Gasteiger partial charge in [0.05, 0.1) is 29.8 Å². The van der Waals surface area contributed by atoms with Gasteiger partial charge in [0.25, 0.3) is 5.56 Å². The van der Waals surface area contributed by atoms with E-state index in [0.29, 0.717) is 10.2 Å². The second-order valence-electron chi connectivity index (χ2n) is 6.04. The lowest BCUT2D eigenvalue weighted by molar-refractivity contribution is -0.145. The third kappa shape index (κ3) is 3.88. The lowest BCUT2D eigenvalue weighted by Crippen LogP contribution is -2.22. The van der Waals surface area contributed by atoms with E-state index in [4.69, 9.17) is 10.00 Å². The third-order valence-corrected chi connectivity index (χ3v) is 5.39. The van der Waals surface area contributed by atoms with Crippen LogP contribution in [0.5, 0.6) is 0 Å². The molecule has 8 heteroatoms. The van der Waals surface area contributed by atoms with Gasteiger partial charge in [0.1, 0.15) is 17.3 Å². The Balaban J connectivity index is 1.65. The topological polar surface area (TPSA) is 85.0 Å². The van der Waals surface area contributed by atoms with Crippen LogP contribution in [-0.2, 0) is 22.7 Å². The smallest absolute Gasteiger partial charge is 0.307 e. The minimum Gasteiger partial charge on any atom is -0.461 e. The first-order chi connectivity index (χ1) is 12.9. The van der Waals surface area contributed by atoms with Crippen molar-refractivity contribution < 1.29 is 13.9 Å². The van der Waals surface area contributed by atoms with Crippen molar-refractivity contribution >= 4 is 27.5 Å². The highest BCUT2D eigenvalue weighted by Gasteiger charge is 2.13. The van der Waals surface area contributed by atoms with E-state index in [1.54, 1.807) is 0 Å². The largest absolute Gasteiger partial charge is 0.461 e. The van der Waals surface area contributed by atoms with Gasteiger partial charge in [0.15, 0.2) is 0 Å². The summed E-state index contributed by atoms with van der Waals surface area (Å²) in [5.41, 5.74) is 1.13. The first-order valence-electron chi connectivity index (χ1n) is 8.20. The number of hydrogen-bond acceptors (Lipinski definition) is 6. The van der Waals surface area contributed by atoms with E-state index in [1.165, 1.54) is 34.4 Å². The predicted octanol–water partition coefficient (Wildman–Crippen LogP) is 3.22. The molecule has 0 aliphatic rings. The summed E-state index contributed by atoms with van der Waals surface area (Å²) in [6.45, 7) is 3.66. The highest BCUT2D eigenvalue weighted by molar-refractivity contribution is 7.18. The zero-order valence-corrected chi connectivity index (χ0v) is 15.6. The van der Waals surface area contributed by atoms with Crippen molar-refractivity contribution in [3.63, 3.8) is 0 Å². The molecular weight excluding hydrogens is 369 g/mol. The standard InChI is InChI=1S/C19H16FN3O3S/c1-11-12(2)27-18-17(11)19(25)23(10-22-18)6-5-16(24)26-9-14-7-13(8-21)3-4-15(14)20/h3-4,7,10H,5-6,9H2,1-2H3. The lowest BCUT2D eigenvalue weighted by Gasteiger charge is -2.08. The van der Waals surface area contributed by atoms with Crippen molar-refractivity contribution in [1.82, 2.24) is 9.55 Å². The van der Waals surface area contributed by atoms with Gasteiger partial charge in [0.2, 0.25) is 0 Å². The van der Waals surface area contributed by atoms with Gasteiger partial charge < -0.3 is 4.74 Å². The number of aryl methyl sites for hydroxylation is 3. The average molecular weight is 385 g/mol. The van der Waals surface area contributed by atoms with Crippen molar-refractivity contribution in [3.8, 4) is 6.07 Å². The molecule has 1 aromatic carbocycles. The quantitative estimate of drug-likeness (QED) is 0.630. The summed E-state index contributed by atoms with van der Waals surface area (Å²) in [5.74, 6) is -1.11. The fourth-order valence-corrected chi connectivity index (χ4v) is 3.61. The molecule has 0 bridgehead atoms. The number of aromatic nitrogens is 2. The number of thiophene rings is 1. The number of carbonyl (C=O) groups excluding carboxylic acids is 1. The summed E-state index contributed by atoms with van der Waals surface area (Å²) in [7, 11) is 0. The first kappa shape index (κ1) is 18.7. The van der Waals surface area contributed by atoms with E-state index >= 15 is 0 Å². The molecule has 3 rings (SSSR count). The van der Waals surface area contributed by atoms with Crippen LogP contribution >= 0.6 is 11.3 Å². The van der Waals surface area contributed by atoms with Crippen molar-refractivity contribution in [2.45, 2.75) is 33.4 Å². The molecule has 0 unspecified atom stereocenters. The molecular formula is C19H16FN3O3S. The number of rotatable bonds is 5. The number of esters is 1. The van der Waals surface area contributed by atoms with Crippen LogP contribution in [0.15, 0.2) is 29.3 Å². The summed E-state index contributed by atoms with van der Waals surface area (Å²) in [6, 6.07) is 5.76. The van der Waals surface area contributed by atoms with Crippen molar-refractivity contribution in [1.29, 1.82) is 5.26 Å². The normalized spacial score (nSPS) is 10.7. The molecule has 27 heavy (non-hydrogen) atoms. The number of halogens is 1. The Labute approximate surface area is 158 Å². The molecule has 6 nitrogen and oxygen atoms in total. The van der Waals surface area contributed by atoms with Gasteiger partial charge >= 0.3 is 5.97 Å². The summed E-state index contributed by atoms with van der Waals surface area (Å²) < 4.78 is 20.1. The molecule has 2 aromatic heterocycles. The van der Waals surface area contributed by atoms with E-state index in [0.717, 1.165) is 16.5 Å². The van der Waals surface area contributed by atoms with Gasteiger partial charge in [-0.05, 0) is 37.6 Å². The highest BCUT2D eigenvalue weighted by atomic mass is 32.1. The van der Waals surface area contributed by atoms with Crippen LogP contribution < -0.4 is 5.56 Å². The molecule has 0 saturated carbocycles. The SMILES string of the molecule is Cc1sc2ncn(CCC(=O)OCc3cc(C#N)ccc3F)c(=O)c2c1C. The van der Waals surface area contributed by atoms with Crippen molar-refractivity contribution in [3.05, 3.63) is 62.3 Å². The number of carbonyl (C=O) groups is 1. The van der Waals surface area contributed by atoms with Crippen LogP contribution in [0.4, 0.5) is 4.39 Å². The van der Waals surface area contributed by atoms with E-state index < -0.39 is 11.8 Å². The van der Waals surface area contributed by atoms with Gasteiger partial charge in [0, 0.05) is 17.0 Å². The molecule has 0 aliphatic heterocycles. The molecule has 0 amide bonds. The molecule has 0 radical (unpaired) electrons. The number of nitriles is 1. The Hall–Kier alpha value is -3.05. The summed E-state index contributed by atoms with van der Waals surface area (Å²) in [4.78, 5) is 30.5. The van der Waals surface area contributed by atoms with Crippen molar-refractivity contribution in [2.75, 3.05) is 0 Å². The van der Waals surface area contributed by atoms with E-state index in [2.05, 4.69) is 4.98 Å². The molecule has 0 aliphatic carbocycles. The first-order valence-corrected chi connectivity index (χ1v) is 9.01. The second kappa shape index (κ2) is 7.68. The Kier molecular flexibility index (Phi) is 5.33. The molecule has 138 valence electrons. The molecule has 0 N–H and O–H groups in total. The Morgan fingerprint density at radius 3 is 2.93 bits per heavy atom. The minimum absolute atomic E-state index is 0.0468. The third-order valence-electron chi connectivity index (χ3n) is 4.28. The van der Waals surface area contributed by atoms with E-state index in [-0.39, 0.29) is 36.3 Å². The molecule has 0 fully saturated rings. The minimum atomic E-state index is -0.568. The van der Waals surface area contributed by atoms with Crippen LogP contribution in [0.3, 0.4) is 0 Å². The lowest BCUT2D eigenvalue weighted by atomic mass is 10.1. The molecule has 0 spiro atoms. The van der Waals surface area contributed by atoms with Crippen molar-refractivity contribution in [2.24, 2.45) is 0 Å². The van der Waals surface area contributed by atoms with Gasteiger partial charge in [-0.15, -0.1) is 11.3 Å². The summed E-state index contributed by atoms with van der Waals surface area (Å²) >= 11 is 1.46. The molecule has 2 heterocycles. The highest BCUT2D eigenvalue weighted by Crippen LogP contribution is 2.25. The fourth-order valence-electron chi connectivity index (χ4n) is 2.63. The number of fused-ring (bicyclic) bond motifs is 1. The second-order valence-corrected chi connectivity index (χ2v) is 7.24. The number of benzene rings is 1. The zero-order chi connectivity index (χ0) is 19.6. The van der Waals surface area contributed by atoms with Crippen LogP contribution in [-0.4, -0.2) is 15.5 Å². The van der Waals surface area contributed by atoms with Crippen LogP contribution in [0.2, 0.25) is 0 Å². The maximum absolute atomic E-state index is 13.7. The zero-order valence-electron chi connectivity index (χ0n) is 14.8. The Morgan fingerprint density at radius 2 is 2.19 bits per heavy atom. The maximum atomic E-state index is 13.7. The van der Waals surface area contributed by atoms with Gasteiger partial charge in [-0.3, -0.25) is 14.2 Å².